The average molecular weight is 397 g/mol. The molecule has 0 aliphatic carbocycles. The van der Waals surface area contributed by atoms with Gasteiger partial charge in [-0.25, -0.2) is 15.0 Å². The zero-order valence-corrected chi connectivity index (χ0v) is 16.8. The Bertz CT molecular complexity index is 1160. The quantitative estimate of drug-likeness (QED) is 0.444. The van der Waals surface area contributed by atoms with E-state index in [1.807, 2.05) is 54.8 Å². The van der Waals surface area contributed by atoms with E-state index < -0.39 is 0 Å². The molecule has 3 heterocycles. The van der Waals surface area contributed by atoms with Crippen molar-refractivity contribution in [1.29, 1.82) is 0 Å². The fourth-order valence-corrected chi connectivity index (χ4v) is 3.40. The van der Waals surface area contributed by atoms with Gasteiger partial charge in [0.2, 0.25) is 0 Å². The van der Waals surface area contributed by atoms with E-state index in [9.17, 15) is 0 Å². The van der Waals surface area contributed by atoms with Crippen LogP contribution in [0.5, 0.6) is 5.75 Å². The second-order valence-electron chi connectivity index (χ2n) is 6.63. The van der Waals surface area contributed by atoms with Crippen LogP contribution >= 0.6 is 11.6 Å². The van der Waals surface area contributed by atoms with Crippen molar-refractivity contribution in [2.45, 2.75) is 20.3 Å². The third kappa shape index (κ3) is 3.41. The molecule has 0 unspecified atom stereocenters. The number of pyridine rings is 1. The molecule has 0 radical (unpaired) electrons. The maximum absolute atomic E-state index is 6.53. The summed E-state index contributed by atoms with van der Waals surface area (Å²) >= 11 is 6.53. The highest BCUT2D eigenvalue weighted by atomic mass is 35.5. The number of methoxy groups -OCH3 is 1. The highest BCUT2D eigenvalue weighted by molar-refractivity contribution is 6.33. The maximum Gasteiger partial charge on any atom is 0.165 e. The molecule has 0 aliphatic rings. The first-order valence-corrected chi connectivity index (χ1v) is 9.49. The molecule has 1 aromatic carbocycles. The molecule has 3 aromatic heterocycles. The number of hydrogen-bond acceptors (Lipinski definition) is 5. The van der Waals surface area contributed by atoms with Crippen LogP contribution in [0.1, 0.15) is 17.8 Å². The Morgan fingerprint density at radius 1 is 1.07 bits per heavy atom. The van der Waals surface area contributed by atoms with Gasteiger partial charge < -0.3 is 9.47 Å². The van der Waals surface area contributed by atoms with Gasteiger partial charge in [-0.3, -0.25) is 4.40 Å². The number of ether oxygens (including phenoxy) is 2. The van der Waals surface area contributed by atoms with Crippen molar-refractivity contribution in [2.75, 3.05) is 20.3 Å². The highest BCUT2D eigenvalue weighted by Crippen LogP contribution is 2.33. The van der Waals surface area contributed by atoms with Gasteiger partial charge >= 0.3 is 0 Å². The van der Waals surface area contributed by atoms with E-state index in [0.717, 1.165) is 51.6 Å². The third-order valence-electron chi connectivity index (χ3n) is 4.57. The molecule has 4 aromatic rings. The lowest BCUT2D eigenvalue weighted by molar-refractivity contribution is 0.172. The first-order chi connectivity index (χ1) is 13.6. The SMILES string of the molecule is COCCCOc1ccc(Cl)c(-c2ncc3c(C)nc4ccc(C)nc4n23)c1. The Kier molecular flexibility index (Phi) is 5.15. The molecule has 6 nitrogen and oxygen atoms in total. The Labute approximate surface area is 168 Å². The molecule has 0 N–H and O–H groups in total. The lowest BCUT2D eigenvalue weighted by atomic mass is 10.2. The van der Waals surface area contributed by atoms with Crippen molar-refractivity contribution in [3.63, 3.8) is 0 Å². The lowest BCUT2D eigenvalue weighted by Crippen LogP contribution is -2.02. The van der Waals surface area contributed by atoms with Crippen LogP contribution < -0.4 is 4.74 Å². The lowest BCUT2D eigenvalue weighted by Gasteiger charge is -2.11. The molecule has 0 aliphatic heterocycles. The second kappa shape index (κ2) is 7.73. The van der Waals surface area contributed by atoms with E-state index in [0.29, 0.717) is 18.2 Å². The van der Waals surface area contributed by atoms with Crippen LogP contribution in [0.15, 0.2) is 36.5 Å². The number of halogens is 1. The minimum Gasteiger partial charge on any atom is -0.493 e. The van der Waals surface area contributed by atoms with Crippen molar-refractivity contribution < 1.29 is 9.47 Å². The average Bonchev–Trinajstić information content (AvgIpc) is 3.13. The molecule has 28 heavy (non-hydrogen) atoms. The number of aromatic nitrogens is 4. The van der Waals surface area contributed by atoms with E-state index in [2.05, 4.69) is 9.97 Å². The molecule has 0 spiro atoms. The summed E-state index contributed by atoms with van der Waals surface area (Å²) in [6, 6.07) is 9.55. The van der Waals surface area contributed by atoms with Crippen LogP contribution in [0.3, 0.4) is 0 Å². The molecule has 0 atom stereocenters. The van der Waals surface area contributed by atoms with Crippen LogP contribution in [0, 0.1) is 13.8 Å². The predicted molar refractivity (Wildman–Crippen MR) is 110 cm³/mol. The normalized spacial score (nSPS) is 11.4. The van der Waals surface area contributed by atoms with Crippen molar-refractivity contribution >= 4 is 28.3 Å². The van der Waals surface area contributed by atoms with Gasteiger partial charge in [-0.15, -0.1) is 0 Å². The van der Waals surface area contributed by atoms with Gasteiger partial charge in [0.1, 0.15) is 17.1 Å². The van der Waals surface area contributed by atoms with Gasteiger partial charge in [-0.2, -0.15) is 0 Å². The van der Waals surface area contributed by atoms with Gasteiger partial charge in [0.15, 0.2) is 5.65 Å². The first kappa shape index (κ1) is 18.7. The highest BCUT2D eigenvalue weighted by Gasteiger charge is 2.16. The number of nitrogens with zero attached hydrogens (tertiary/aromatic N) is 4. The molecule has 0 bridgehead atoms. The molecule has 0 amide bonds. The molecule has 0 saturated heterocycles. The molecule has 144 valence electrons. The Morgan fingerprint density at radius 2 is 1.93 bits per heavy atom. The zero-order valence-electron chi connectivity index (χ0n) is 16.1. The number of benzene rings is 1. The summed E-state index contributed by atoms with van der Waals surface area (Å²) in [4.78, 5) is 14.0. The fraction of sp³-hybridized carbons (Fsp3) is 0.286. The number of aryl methyl sites for hydroxylation is 2. The minimum atomic E-state index is 0.573. The first-order valence-electron chi connectivity index (χ1n) is 9.11. The summed E-state index contributed by atoms with van der Waals surface area (Å²) in [7, 11) is 1.68. The van der Waals surface area contributed by atoms with Gasteiger partial charge in [0, 0.05) is 31.4 Å². The number of hydrogen-bond donors (Lipinski definition) is 0. The third-order valence-corrected chi connectivity index (χ3v) is 4.90. The molecular weight excluding hydrogens is 376 g/mol. The van der Waals surface area contributed by atoms with Gasteiger partial charge in [-0.05, 0) is 44.2 Å². The molecular formula is C21H21ClN4O2. The Hall–Kier alpha value is -2.70. The van der Waals surface area contributed by atoms with Crippen molar-refractivity contribution in [1.82, 2.24) is 19.4 Å². The van der Waals surface area contributed by atoms with E-state index in [4.69, 9.17) is 26.1 Å². The Morgan fingerprint density at radius 3 is 2.75 bits per heavy atom. The summed E-state index contributed by atoms with van der Waals surface area (Å²) < 4.78 is 12.9. The van der Waals surface area contributed by atoms with Crippen LogP contribution in [0.25, 0.3) is 28.1 Å². The van der Waals surface area contributed by atoms with Gasteiger partial charge in [0.25, 0.3) is 0 Å². The summed E-state index contributed by atoms with van der Waals surface area (Å²) in [6.07, 6.45) is 2.63. The second-order valence-corrected chi connectivity index (χ2v) is 7.04. The molecule has 0 saturated carbocycles. The number of fused-ring (bicyclic) bond motifs is 3. The van der Waals surface area contributed by atoms with Gasteiger partial charge in [0.05, 0.1) is 29.0 Å². The predicted octanol–water partition coefficient (Wildman–Crippen LogP) is 4.63. The largest absolute Gasteiger partial charge is 0.493 e. The van der Waals surface area contributed by atoms with Crippen molar-refractivity contribution in [2.24, 2.45) is 0 Å². The number of rotatable bonds is 6. The van der Waals surface area contributed by atoms with E-state index >= 15 is 0 Å². The summed E-state index contributed by atoms with van der Waals surface area (Å²) in [5, 5.41) is 0.604. The fourth-order valence-electron chi connectivity index (χ4n) is 3.20. The molecule has 4 rings (SSSR count). The van der Waals surface area contributed by atoms with Gasteiger partial charge in [-0.1, -0.05) is 11.6 Å². The van der Waals surface area contributed by atoms with E-state index in [1.54, 1.807) is 7.11 Å². The standard InChI is InChI=1S/C21H21ClN4O2/c1-13-5-8-18-21(24-13)26-19(14(2)25-18)12-23-20(26)16-11-15(6-7-17(16)22)28-10-4-9-27-3/h5-8,11-12H,4,9-10H2,1-3H3. The van der Waals surface area contributed by atoms with E-state index in [1.165, 1.54) is 0 Å². The smallest absolute Gasteiger partial charge is 0.165 e. The monoisotopic (exact) mass is 396 g/mol. The minimum absolute atomic E-state index is 0.573. The Balaban J connectivity index is 1.85. The maximum atomic E-state index is 6.53. The zero-order chi connectivity index (χ0) is 19.7. The molecule has 0 fully saturated rings. The summed E-state index contributed by atoms with van der Waals surface area (Å²) in [6.45, 7) is 5.17. The van der Waals surface area contributed by atoms with Crippen molar-refractivity contribution in [3.8, 4) is 17.1 Å². The summed E-state index contributed by atoms with van der Waals surface area (Å²) in [5.41, 5.74) is 5.08. The summed E-state index contributed by atoms with van der Waals surface area (Å²) in [5.74, 6) is 1.46. The van der Waals surface area contributed by atoms with Crippen LogP contribution in [0.2, 0.25) is 5.02 Å². The molecule has 7 heteroatoms. The van der Waals surface area contributed by atoms with E-state index in [-0.39, 0.29) is 0 Å². The number of imidazole rings is 1. The van der Waals surface area contributed by atoms with Crippen LogP contribution in [-0.2, 0) is 4.74 Å². The van der Waals surface area contributed by atoms with Crippen LogP contribution in [-0.4, -0.2) is 39.7 Å². The topological polar surface area (TPSA) is 61.5 Å². The van der Waals surface area contributed by atoms with Crippen LogP contribution in [0.4, 0.5) is 0 Å². The van der Waals surface area contributed by atoms with Crippen molar-refractivity contribution in [3.05, 3.63) is 52.9 Å².